The number of anilines is 1. The second-order valence-electron chi connectivity index (χ2n) is 11.0. The number of halogens is 2. The van der Waals surface area contributed by atoms with Crippen LogP contribution in [0.1, 0.15) is 37.0 Å². The fourth-order valence-electron chi connectivity index (χ4n) is 4.80. The Balaban J connectivity index is 1.80. The normalized spacial score (nSPS) is 12.6. The minimum absolute atomic E-state index is 0.0147. The molecule has 4 aromatic carbocycles. The zero-order chi connectivity index (χ0) is 32.6. The summed E-state index contributed by atoms with van der Waals surface area (Å²) in [6.07, 6.45) is 0.903. The lowest BCUT2D eigenvalue weighted by molar-refractivity contribution is -0.140. The molecule has 0 radical (unpaired) electrons. The Morgan fingerprint density at radius 2 is 1.53 bits per heavy atom. The zero-order valence-electron chi connectivity index (χ0n) is 25.5. The molecule has 4 rings (SSSR count). The highest BCUT2D eigenvalue weighted by molar-refractivity contribution is 9.10. The molecule has 0 aliphatic carbocycles. The van der Waals surface area contributed by atoms with E-state index in [1.807, 2.05) is 75.4 Å². The van der Waals surface area contributed by atoms with Crippen LogP contribution in [0.25, 0.3) is 0 Å². The summed E-state index contributed by atoms with van der Waals surface area (Å²) in [4.78, 5) is 29.8. The molecule has 0 saturated heterocycles. The van der Waals surface area contributed by atoms with Crippen molar-refractivity contribution in [2.75, 3.05) is 10.8 Å². The van der Waals surface area contributed by atoms with Crippen molar-refractivity contribution in [2.45, 2.75) is 57.1 Å². The van der Waals surface area contributed by atoms with E-state index in [0.29, 0.717) is 6.42 Å². The highest BCUT2D eigenvalue weighted by Crippen LogP contribution is 2.26. The van der Waals surface area contributed by atoms with E-state index in [9.17, 15) is 22.4 Å². The zero-order valence-corrected chi connectivity index (χ0v) is 27.9. The first-order valence-electron chi connectivity index (χ1n) is 14.7. The summed E-state index contributed by atoms with van der Waals surface area (Å²) in [5.74, 6) is -1.47. The van der Waals surface area contributed by atoms with Crippen molar-refractivity contribution < 1.29 is 22.4 Å². The van der Waals surface area contributed by atoms with Gasteiger partial charge in [-0.2, -0.15) is 0 Å². The van der Waals surface area contributed by atoms with Gasteiger partial charge in [-0.3, -0.25) is 13.9 Å². The maximum atomic E-state index is 14.5. The van der Waals surface area contributed by atoms with Crippen LogP contribution in [0.3, 0.4) is 0 Å². The Morgan fingerprint density at radius 1 is 0.889 bits per heavy atom. The standard InChI is InChI=1S/C35H37BrFN3O4S/c1-4-26(3)38-35(42)33(22-27-9-6-5-7-10-27)39(23-28-11-8-12-29(36)21-28)34(41)24-40(31-17-15-30(37)16-18-31)45(43,44)32-19-13-25(2)14-20-32/h5-21,26,33H,4,22-24H2,1-3H3,(H,38,42). The van der Waals surface area contributed by atoms with E-state index in [1.54, 1.807) is 12.1 Å². The van der Waals surface area contributed by atoms with E-state index in [4.69, 9.17) is 0 Å². The number of benzene rings is 4. The Hall–Kier alpha value is -4.02. The maximum absolute atomic E-state index is 14.5. The average Bonchev–Trinajstić information content (AvgIpc) is 3.02. The van der Waals surface area contributed by atoms with Crippen molar-refractivity contribution in [3.63, 3.8) is 0 Å². The monoisotopic (exact) mass is 693 g/mol. The van der Waals surface area contributed by atoms with Gasteiger partial charge in [0.1, 0.15) is 18.4 Å². The third kappa shape index (κ3) is 9.02. The van der Waals surface area contributed by atoms with Crippen molar-refractivity contribution in [2.24, 2.45) is 0 Å². The lowest BCUT2D eigenvalue weighted by atomic mass is 10.0. The van der Waals surface area contributed by atoms with E-state index in [2.05, 4.69) is 21.2 Å². The highest BCUT2D eigenvalue weighted by Gasteiger charge is 2.35. The van der Waals surface area contributed by atoms with Gasteiger partial charge in [0.2, 0.25) is 11.8 Å². The van der Waals surface area contributed by atoms with Gasteiger partial charge < -0.3 is 10.2 Å². The molecule has 7 nitrogen and oxygen atoms in total. The fourth-order valence-corrected chi connectivity index (χ4v) is 6.66. The Labute approximate surface area is 273 Å². The lowest BCUT2D eigenvalue weighted by Crippen LogP contribution is -2.54. The molecule has 0 aliphatic rings. The summed E-state index contributed by atoms with van der Waals surface area (Å²) in [6.45, 7) is 5.12. The summed E-state index contributed by atoms with van der Waals surface area (Å²) < 4.78 is 43.8. The third-order valence-electron chi connectivity index (χ3n) is 7.52. The fraction of sp³-hybridized carbons (Fsp3) is 0.257. The first-order valence-corrected chi connectivity index (χ1v) is 16.9. The van der Waals surface area contributed by atoms with Gasteiger partial charge >= 0.3 is 0 Å². The number of carbonyl (C=O) groups excluding carboxylic acids is 2. The molecule has 45 heavy (non-hydrogen) atoms. The lowest BCUT2D eigenvalue weighted by Gasteiger charge is -2.34. The van der Waals surface area contributed by atoms with Crippen LogP contribution in [-0.4, -0.2) is 43.8 Å². The molecule has 236 valence electrons. The van der Waals surface area contributed by atoms with Gasteiger partial charge in [0, 0.05) is 23.5 Å². The number of carbonyl (C=O) groups is 2. The third-order valence-corrected chi connectivity index (χ3v) is 9.80. The molecule has 2 unspecified atom stereocenters. The second-order valence-corrected chi connectivity index (χ2v) is 13.8. The topological polar surface area (TPSA) is 86.8 Å². The minimum Gasteiger partial charge on any atom is -0.352 e. The van der Waals surface area contributed by atoms with Crippen LogP contribution in [0, 0.1) is 12.7 Å². The predicted molar refractivity (Wildman–Crippen MR) is 179 cm³/mol. The van der Waals surface area contributed by atoms with E-state index in [1.165, 1.54) is 29.2 Å². The highest BCUT2D eigenvalue weighted by atomic mass is 79.9. The maximum Gasteiger partial charge on any atom is 0.264 e. The Kier molecular flexibility index (Phi) is 11.5. The van der Waals surface area contributed by atoms with Gasteiger partial charge in [-0.25, -0.2) is 12.8 Å². The van der Waals surface area contributed by atoms with Crippen molar-refractivity contribution in [3.05, 3.63) is 130 Å². The van der Waals surface area contributed by atoms with E-state index in [0.717, 1.165) is 37.6 Å². The molecule has 0 bridgehead atoms. The van der Waals surface area contributed by atoms with Gasteiger partial charge in [-0.1, -0.05) is 83.0 Å². The molecule has 0 fully saturated rings. The average molecular weight is 695 g/mol. The number of rotatable bonds is 13. The molecule has 0 spiro atoms. The molecule has 0 heterocycles. The van der Waals surface area contributed by atoms with Crippen LogP contribution in [0.2, 0.25) is 0 Å². The number of nitrogens with zero attached hydrogens (tertiary/aromatic N) is 2. The van der Waals surface area contributed by atoms with Crippen LogP contribution in [0.15, 0.2) is 112 Å². The summed E-state index contributed by atoms with van der Waals surface area (Å²) in [7, 11) is -4.26. The number of hydrogen-bond donors (Lipinski definition) is 1. The molecular weight excluding hydrogens is 657 g/mol. The van der Waals surface area contributed by atoms with Gasteiger partial charge in [-0.15, -0.1) is 0 Å². The summed E-state index contributed by atoms with van der Waals surface area (Å²) in [5.41, 5.74) is 2.59. The molecule has 0 saturated carbocycles. The first-order chi connectivity index (χ1) is 21.5. The van der Waals surface area contributed by atoms with Crippen LogP contribution in [0.4, 0.5) is 10.1 Å². The van der Waals surface area contributed by atoms with Crippen molar-refractivity contribution in [3.8, 4) is 0 Å². The van der Waals surface area contributed by atoms with E-state index >= 15 is 0 Å². The second kappa shape index (κ2) is 15.3. The number of amides is 2. The Morgan fingerprint density at radius 3 is 2.16 bits per heavy atom. The van der Waals surface area contributed by atoms with Gasteiger partial charge in [0.15, 0.2) is 0 Å². The van der Waals surface area contributed by atoms with E-state index in [-0.39, 0.29) is 35.5 Å². The van der Waals surface area contributed by atoms with Crippen molar-refractivity contribution in [1.82, 2.24) is 10.2 Å². The Bertz CT molecular complexity index is 1700. The molecule has 10 heteroatoms. The van der Waals surface area contributed by atoms with Crippen molar-refractivity contribution in [1.29, 1.82) is 0 Å². The summed E-state index contributed by atoms with van der Waals surface area (Å²) in [5, 5.41) is 3.02. The molecule has 2 amide bonds. The van der Waals surface area contributed by atoms with Crippen LogP contribution in [0.5, 0.6) is 0 Å². The molecular formula is C35H37BrFN3O4S. The molecule has 0 aliphatic heterocycles. The van der Waals surface area contributed by atoms with Crippen molar-refractivity contribution >= 4 is 43.5 Å². The SMILES string of the molecule is CCC(C)NC(=O)C(Cc1ccccc1)N(Cc1cccc(Br)c1)C(=O)CN(c1ccc(F)cc1)S(=O)(=O)c1ccc(C)cc1. The molecule has 2 atom stereocenters. The van der Waals surface area contributed by atoms with E-state index < -0.39 is 34.3 Å². The first kappa shape index (κ1) is 33.9. The number of nitrogens with one attached hydrogen (secondary N) is 1. The summed E-state index contributed by atoms with van der Waals surface area (Å²) >= 11 is 3.48. The molecule has 0 aromatic heterocycles. The van der Waals surface area contributed by atoms with Gasteiger partial charge in [0.25, 0.3) is 10.0 Å². The minimum atomic E-state index is -4.26. The summed E-state index contributed by atoms with van der Waals surface area (Å²) in [6, 6.07) is 26.9. The number of hydrogen-bond acceptors (Lipinski definition) is 4. The largest absolute Gasteiger partial charge is 0.352 e. The van der Waals surface area contributed by atoms with Gasteiger partial charge in [-0.05, 0) is 79.9 Å². The van der Waals surface area contributed by atoms with Crippen LogP contribution < -0.4 is 9.62 Å². The quantitative estimate of drug-likeness (QED) is 0.170. The molecule has 1 N–H and O–H groups in total. The number of aryl methyl sites for hydroxylation is 1. The van der Waals surface area contributed by atoms with Gasteiger partial charge in [0.05, 0.1) is 10.6 Å². The number of sulfonamides is 1. The molecule has 4 aromatic rings. The predicted octanol–water partition coefficient (Wildman–Crippen LogP) is 6.65. The smallest absolute Gasteiger partial charge is 0.264 e. The van der Waals surface area contributed by atoms with Crippen LogP contribution >= 0.6 is 15.9 Å². The van der Waals surface area contributed by atoms with Crippen LogP contribution in [-0.2, 0) is 32.6 Å².